The molecular formula is C5H7F2NO2. The van der Waals surface area contributed by atoms with Gasteiger partial charge in [0.2, 0.25) is 5.91 Å². The van der Waals surface area contributed by atoms with Gasteiger partial charge in [-0.2, -0.15) is 8.78 Å². The molecule has 1 rings (SSSR count). The van der Waals surface area contributed by atoms with Crippen LogP contribution in [0.5, 0.6) is 0 Å². The summed E-state index contributed by atoms with van der Waals surface area (Å²) >= 11 is 0. The molecule has 1 amide bonds. The lowest BCUT2D eigenvalue weighted by Gasteiger charge is -2.35. The minimum atomic E-state index is -3.16. The smallest absolute Gasteiger partial charge is 0.343 e. The highest BCUT2D eigenvalue weighted by molar-refractivity contribution is 5.73. The normalized spacial score (nSPS) is 28.9. The molecule has 0 spiro atoms. The van der Waals surface area contributed by atoms with Crippen LogP contribution in [-0.2, 0) is 9.53 Å². The summed E-state index contributed by atoms with van der Waals surface area (Å²) in [7, 11) is 0. The van der Waals surface area contributed by atoms with Crippen molar-refractivity contribution in [3.05, 3.63) is 0 Å². The minimum Gasteiger partial charge on any atom is -0.343 e. The van der Waals surface area contributed by atoms with E-state index in [4.69, 9.17) is 0 Å². The quantitative estimate of drug-likeness (QED) is 0.577. The highest BCUT2D eigenvalue weighted by Crippen LogP contribution is 2.29. The van der Waals surface area contributed by atoms with Crippen LogP contribution in [0.1, 0.15) is 6.92 Å². The maximum Gasteiger partial charge on any atom is 0.378 e. The average Bonchev–Trinajstić information content (AvgIpc) is 1.81. The van der Waals surface area contributed by atoms with Crippen LogP contribution in [0.15, 0.2) is 0 Å². The third kappa shape index (κ3) is 1.23. The molecule has 1 heterocycles. The maximum atomic E-state index is 12.1. The Labute approximate surface area is 56.3 Å². The number of halogens is 2. The molecule has 0 aliphatic carbocycles. The lowest BCUT2D eigenvalue weighted by atomic mass is 10.2. The van der Waals surface area contributed by atoms with Gasteiger partial charge in [0, 0.05) is 6.92 Å². The molecule has 0 aromatic carbocycles. The molecule has 5 heteroatoms. The summed E-state index contributed by atoms with van der Waals surface area (Å²) in [6.45, 7) is 1.08. The molecule has 0 radical (unpaired) electrons. The van der Waals surface area contributed by atoms with Crippen molar-refractivity contribution >= 4 is 5.91 Å². The van der Waals surface area contributed by atoms with E-state index < -0.39 is 18.1 Å². The Balaban J connectivity index is 2.37. The number of nitrogens with one attached hydrogen (secondary N) is 1. The number of carbonyl (C=O) groups excluding carboxylic acids is 1. The van der Waals surface area contributed by atoms with Gasteiger partial charge in [-0.05, 0) is 0 Å². The second-order valence-electron chi connectivity index (χ2n) is 2.13. The fourth-order valence-electron chi connectivity index (χ4n) is 0.664. The number of hydrogen-bond acceptors (Lipinski definition) is 2. The summed E-state index contributed by atoms with van der Waals surface area (Å²) in [6, 6.07) is -1.13. The molecule has 3 nitrogen and oxygen atoms in total. The van der Waals surface area contributed by atoms with Gasteiger partial charge < -0.3 is 10.1 Å². The monoisotopic (exact) mass is 151 g/mol. The van der Waals surface area contributed by atoms with E-state index in [2.05, 4.69) is 10.1 Å². The van der Waals surface area contributed by atoms with Gasteiger partial charge in [-0.1, -0.05) is 0 Å². The molecule has 1 N–H and O–H groups in total. The van der Waals surface area contributed by atoms with E-state index in [0.29, 0.717) is 0 Å². The lowest BCUT2D eigenvalue weighted by Crippen LogP contribution is -2.60. The second-order valence-corrected chi connectivity index (χ2v) is 2.13. The Morgan fingerprint density at radius 2 is 2.40 bits per heavy atom. The van der Waals surface area contributed by atoms with Crippen molar-refractivity contribution in [2.75, 3.05) is 6.61 Å². The summed E-state index contributed by atoms with van der Waals surface area (Å²) < 4.78 is 28.1. The molecule has 1 saturated heterocycles. The van der Waals surface area contributed by atoms with Crippen LogP contribution >= 0.6 is 0 Å². The van der Waals surface area contributed by atoms with E-state index in [9.17, 15) is 13.6 Å². The van der Waals surface area contributed by atoms with Gasteiger partial charge in [0.05, 0.1) is 6.61 Å². The molecule has 58 valence electrons. The highest BCUT2D eigenvalue weighted by Gasteiger charge is 2.51. The highest BCUT2D eigenvalue weighted by atomic mass is 19.3. The average molecular weight is 151 g/mol. The van der Waals surface area contributed by atoms with Crippen molar-refractivity contribution in [1.82, 2.24) is 5.32 Å². The van der Waals surface area contributed by atoms with Crippen LogP contribution in [0.2, 0.25) is 0 Å². The first-order chi connectivity index (χ1) is 4.52. The van der Waals surface area contributed by atoms with Crippen LogP contribution in [0.4, 0.5) is 8.78 Å². The molecule has 0 saturated carbocycles. The molecule has 1 aliphatic heterocycles. The predicted molar refractivity (Wildman–Crippen MR) is 28.5 cm³/mol. The molecule has 1 atom stereocenters. The van der Waals surface area contributed by atoms with Crippen molar-refractivity contribution in [3.8, 4) is 0 Å². The van der Waals surface area contributed by atoms with Crippen LogP contribution in [0, 0.1) is 0 Å². The Bertz CT molecular complexity index is 160. The lowest BCUT2D eigenvalue weighted by molar-refractivity contribution is -0.333. The number of alkyl halides is 2. The van der Waals surface area contributed by atoms with E-state index in [1.165, 1.54) is 6.92 Å². The van der Waals surface area contributed by atoms with E-state index in [0.717, 1.165) is 0 Å². The van der Waals surface area contributed by atoms with Gasteiger partial charge in [0.15, 0.2) is 0 Å². The van der Waals surface area contributed by atoms with Crippen molar-refractivity contribution in [2.45, 2.75) is 19.1 Å². The second kappa shape index (κ2) is 2.16. The SMILES string of the molecule is CC(=O)NC1COC1(F)F. The molecule has 1 aliphatic rings. The van der Waals surface area contributed by atoms with Gasteiger partial charge in [-0.25, -0.2) is 0 Å². The zero-order chi connectivity index (χ0) is 7.78. The van der Waals surface area contributed by atoms with Crippen LogP contribution < -0.4 is 5.32 Å². The zero-order valence-corrected chi connectivity index (χ0v) is 5.36. The number of carbonyl (C=O) groups is 1. The first-order valence-corrected chi connectivity index (χ1v) is 2.81. The molecular weight excluding hydrogens is 144 g/mol. The summed E-state index contributed by atoms with van der Waals surface area (Å²) in [5, 5.41) is 2.06. The molecule has 0 aromatic heterocycles. The standard InChI is InChI=1S/C5H7F2NO2/c1-3(9)8-4-2-10-5(4,6)7/h4H,2H2,1H3,(H,8,9). The van der Waals surface area contributed by atoms with Gasteiger partial charge in [0.1, 0.15) is 6.04 Å². The van der Waals surface area contributed by atoms with Gasteiger partial charge in [-0.3, -0.25) is 4.79 Å². The summed E-state index contributed by atoms with van der Waals surface area (Å²) in [5.41, 5.74) is 0. The van der Waals surface area contributed by atoms with E-state index in [1.54, 1.807) is 0 Å². The van der Waals surface area contributed by atoms with Gasteiger partial charge in [0.25, 0.3) is 0 Å². The Morgan fingerprint density at radius 3 is 2.50 bits per heavy atom. The van der Waals surface area contributed by atoms with Crippen molar-refractivity contribution in [3.63, 3.8) is 0 Å². The minimum absolute atomic E-state index is 0.105. The van der Waals surface area contributed by atoms with E-state index in [1.807, 2.05) is 0 Å². The molecule has 0 aromatic rings. The van der Waals surface area contributed by atoms with Crippen LogP contribution in [0.3, 0.4) is 0 Å². The van der Waals surface area contributed by atoms with Crippen LogP contribution in [-0.4, -0.2) is 24.7 Å². The predicted octanol–water partition coefficient (Wildman–Crippen LogP) is 0.114. The Morgan fingerprint density at radius 1 is 1.80 bits per heavy atom. The number of hydrogen-bond donors (Lipinski definition) is 1. The molecule has 1 unspecified atom stereocenters. The number of ether oxygens (including phenoxy) is 1. The Hall–Kier alpha value is -0.710. The first kappa shape index (κ1) is 7.40. The van der Waals surface area contributed by atoms with Gasteiger partial charge >= 0.3 is 6.11 Å². The van der Waals surface area contributed by atoms with Gasteiger partial charge in [-0.15, -0.1) is 0 Å². The maximum absolute atomic E-state index is 12.1. The summed E-state index contributed by atoms with van der Waals surface area (Å²) in [4.78, 5) is 10.2. The van der Waals surface area contributed by atoms with E-state index in [-0.39, 0.29) is 6.61 Å². The van der Waals surface area contributed by atoms with Crippen molar-refractivity contribution in [1.29, 1.82) is 0 Å². The Kier molecular flexibility index (Phi) is 1.60. The molecule has 0 bridgehead atoms. The van der Waals surface area contributed by atoms with Crippen molar-refractivity contribution in [2.24, 2.45) is 0 Å². The summed E-state index contributed by atoms with van der Waals surface area (Å²) in [5.74, 6) is -0.465. The first-order valence-electron chi connectivity index (χ1n) is 2.81. The summed E-state index contributed by atoms with van der Waals surface area (Å²) in [6.07, 6.45) is -3.16. The number of rotatable bonds is 1. The van der Waals surface area contributed by atoms with Crippen LogP contribution in [0.25, 0.3) is 0 Å². The van der Waals surface area contributed by atoms with E-state index >= 15 is 0 Å². The molecule has 1 fully saturated rings. The third-order valence-electron chi connectivity index (χ3n) is 1.23. The number of amides is 1. The largest absolute Gasteiger partial charge is 0.378 e. The van der Waals surface area contributed by atoms with Crippen molar-refractivity contribution < 1.29 is 18.3 Å². The fourth-order valence-corrected chi connectivity index (χ4v) is 0.664. The third-order valence-corrected chi connectivity index (χ3v) is 1.23. The topological polar surface area (TPSA) is 38.3 Å². The fraction of sp³-hybridized carbons (Fsp3) is 0.800. The molecule has 10 heavy (non-hydrogen) atoms. The zero-order valence-electron chi connectivity index (χ0n) is 5.36.